The molecule has 0 atom stereocenters. The van der Waals surface area contributed by atoms with Crippen molar-refractivity contribution in [2.24, 2.45) is 0 Å². The van der Waals surface area contributed by atoms with E-state index < -0.39 is 0 Å². The average Bonchev–Trinajstić information content (AvgIpc) is 2.56. The Hall–Kier alpha value is 0.490. The van der Waals surface area contributed by atoms with Crippen LogP contribution in [0.2, 0.25) is 0 Å². The molecule has 4 heteroatoms. The Morgan fingerprint density at radius 3 is 2.77 bits per heavy atom. The second kappa shape index (κ2) is 3.93. The summed E-state index contributed by atoms with van der Waals surface area (Å²) in [7, 11) is 0. The van der Waals surface area contributed by atoms with E-state index in [2.05, 4.69) is 50.6 Å². The lowest BCUT2D eigenvalue weighted by Crippen LogP contribution is -1.68. The highest BCUT2D eigenvalue weighted by atomic mass is 79.9. The predicted molar refractivity (Wildman–Crippen MR) is 69.4 cm³/mol. The van der Waals surface area contributed by atoms with E-state index in [0.717, 1.165) is 14.7 Å². The van der Waals surface area contributed by atoms with Gasteiger partial charge in [0.2, 0.25) is 0 Å². The summed E-state index contributed by atoms with van der Waals surface area (Å²) in [6.45, 7) is 0. The summed E-state index contributed by atoms with van der Waals surface area (Å²) in [5.41, 5.74) is 0. The minimum atomic E-state index is 0.909. The van der Waals surface area contributed by atoms with E-state index in [1.807, 2.05) is 12.1 Å². The number of hydrogen-bond donors (Lipinski definition) is 1. The fraction of sp³-hybridized carbons (Fsp3) is 0.111. The fourth-order valence-corrected chi connectivity index (χ4v) is 3.55. The van der Waals surface area contributed by atoms with Crippen LogP contribution in [0.25, 0.3) is 10.1 Å². The van der Waals surface area contributed by atoms with Gasteiger partial charge >= 0.3 is 0 Å². The smallest absolute Gasteiger partial charge is 0.0499 e. The van der Waals surface area contributed by atoms with Crippen LogP contribution in [-0.4, -0.2) is 0 Å². The van der Waals surface area contributed by atoms with Crippen molar-refractivity contribution in [2.75, 3.05) is 0 Å². The number of thiol groups is 1. The van der Waals surface area contributed by atoms with Crippen LogP contribution in [0.15, 0.2) is 27.6 Å². The Morgan fingerprint density at radius 2 is 2.15 bits per heavy atom. The number of hydrogen-bond acceptors (Lipinski definition) is 2. The van der Waals surface area contributed by atoms with Gasteiger partial charge in [0.25, 0.3) is 0 Å². The minimum absolute atomic E-state index is 0.909. The molecule has 0 radical (unpaired) electrons. The summed E-state index contributed by atoms with van der Waals surface area (Å²) in [6.07, 6.45) is 0. The maximum absolute atomic E-state index is 4.42. The maximum atomic E-state index is 4.42. The molecule has 1 aromatic heterocycles. The molecular formula is C9H6Br2S2. The number of rotatable bonds is 1. The van der Waals surface area contributed by atoms with E-state index in [1.54, 1.807) is 11.3 Å². The van der Waals surface area contributed by atoms with Crippen LogP contribution in [-0.2, 0) is 5.33 Å². The number of thiophene rings is 1. The van der Waals surface area contributed by atoms with Crippen molar-refractivity contribution in [2.45, 2.75) is 10.2 Å². The van der Waals surface area contributed by atoms with Crippen LogP contribution in [0.5, 0.6) is 0 Å². The van der Waals surface area contributed by atoms with E-state index in [9.17, 15) is 0 Å². The van der Waals surface area contributed by atoms with Crippen molar-refractivity contribution < 1.29 is 0 Å². The van der Waals surface area contributed by atoms with E-state index >= 15 is 0 Å². The van der Waals surface area contributed by atoms with Crippen molar-refractivity contribution in [3.05, 3.63) is 27.5 Å². The standard InChI is InChI=1S/C9H6Br2S2/c10-4-5-3-6-8(12)2-1-7(11)9(6)13-5/h1-3,12H,4H2. The number of fused-ring (bicyclic) bond motifs is 1. The molecule has 0 aliphatic heterocycles. The van der Waals surface area contributed by atoms with Crippen LogP contribution in [0.3, 0.4) is 0 Å². The van der Waals surface area contributed by atoms with Gasteiger partial charge in [-0.05, 0) is 34.1 Å². The van der Waals surface area contributed by atoms with Gasteiger partial charge in [0.15, 0.2) is 0 Å². The lowest BCUT2D eigenvalue weighted by atomic mass is 10.2. The normalized spacial score (nSPS) is 11.0. The van der Waals surface area contributed by atoms with Gasteiger partial charge in [-0.2, -0.15) is 0 Å². The van der Waals surface area contributed by atoms with Crippen molar-refractivity contribution in [3.8, 4) is 0 Å². The van der Waals surface area contributed by atoms with Gasteiger partial charge in [-0.15, -0.1) is 24.0 Å². The van der Waals surface area contributed by atoms with Crippen molar-refractivity contribution in [1.29, 1.82) is 0 Å². The van der Waals surface area contributed by atoms with Gasteiger partial charge in [0, 0.05) is 29.7 Å². The molecule has 0 aliphatic rings. The molecule has 0 saturated heterocycles. The maximum Gasteiger partial charge on any atom is 0.0499 e. The van der Waals surface area contributed by atoms with Crippen LogP contribution in [0.4, 0.5) is 0 Å². The zero-order valence-electron chi connectivity index (χ0n) is 6.55. The van der Waals surface area contributed by atoms with Crippen molar-refractivity contribution >= 4 is 65.9 Å². The summed E-state index contributed by atoms with van der Waals surface area (Å²) >= 11 is 13.2. The molecule has 0 unspecified atom stereocenters. The molecule has 0 spiro atoms. The summed E-state index contributed by atoms with van der Waals surface area (Å²) in [5.74, 6) is 0. The molecule has 13 heavy (non-hydrogen) atoms. The van der Waals surface area contributed by atoms with Crippen LogP contribution in [0, 0.1) is 0 Å². The number of halogens is 2. The average molecular weight is 338 g/mol. The highest BCUT2D eigenvalue weighted by Gasteiger charge is 2.06. The largest absolute Gasteiger partial charge is 0.143 e. The first kappa shape index (κ1) is 10.0. The number of benzene rings is 1. The molecule has 0 amide bonds. The van der Waals surface area contributed by atoms with E-state index in [-0.39, 0.29) is 0 Å². The lowest BCUT2D eigenvalue weighted by Gasteiger charge is -1.95. The molecule has 1 heterocycles. The summed E-state index contributed by atoms with van der Waals surface area (Å²) in [6, 6.07) is 6.24. The van der Waals surface area contributed by atoms with Gasteiger partial charge in [0.1, 0.15) is 0 Å². The molecule has 0 N–H and O–H groups in total. The van der Waals surface area contributed by atoms with Gasteiger partial charge in [0.05, 0.1) is 0 Å². The topological polar surface area (TPSA) is 0 Å². The monoisotopic (exact) mass is 336 g/mol. The third-order valence-electron chi connectivity index (χ3n) is 1.80. The zero-order chi connectivity index (χ0) is 9.42. The summed E-state index contributed by atoms with van der Waals surface area (Å²) in [4.78, 5) is 2.37. The SMILES string of the molecule is Sc1ccc(Br)c2sc(CBr)cc12. The molecule has 0 fully saturated rings. The first-order valence-corrected chi connectivity index (χ1v) is 6.86. The van der Waals surface area contributed by atoms with E-state index in [1.165, 1.54) is 15.0 Å². The molecule has 0 bridgehead atoms. The van der Waals surface area contributed by atoms with Crippen LogP contribution in [0.1, 0.15) is 4.88 Å². The second-order valence-electron chi connectivity index (χ2n) is 2.66. The Labute approximate surface area is 103 Å². The van der Waals surface area contributed by atoms with Crippen molar-refractivity contribution in [1.82, 2.24) is 0 Å². The van der Waals surface area contributed by atoms with E-state index in [4.69, 9.17) is 0 Å². The summed E-state index contributed by atoms with van der Waals surface area (Å²) < 4.78 is 2.43. The van der Waals surface area contributed by atoms with Crippen LogP contribution < -0.4 is 0 Å². The third-order valence-corrected chi connectivity index (χ3v) is 5.25. The van der Waals surface area contributed by atoms with Gasteiger partial charge in [-0.25, -0.2) is 0 Å². The molecular weight excluding hydrogens is 332 g/mol. The molecule has 0 aliphatic carbocycles. The van der Waals surface area contributed by atoms with Crippen molar-refractivity contribution in [3.63, 3.8) is 0 Å². The molecule has 68 valence electrons. The first-order valence-electron chi connectivity index (χ1n) is 3.68. The quantitative estimate of drug-likeness (QED) is 0.558. The molecule has 2 rings (SSSR count). The third kappa shape index (κ3) is 1.82. The number of alkyl halides is 1. The van der Waals surface area contributed by atoms with E-state index in [0.29, 0.717) is 0 Å². The lowest BCUT2D eigenvalue weighted by molar-refractivity contribution is 1.54. The van der Waals surface area contributed by atoms with Crippen LogP contribution >= 0.6 is 55.8 Å². The molecule has 2 aromatic rings. The zero-order valence-corrected chi connectivity index (χ0v) is 11.4. The molecule has 0 saturated carbocycles. The minimum Gasteiger partial charge on any atom is -0.143 e. The Bertz CT molecular complexity index is 409. The van der Waals surface area contributed by atoms with Gasteiger partial charge < -0.3 is 0 Å². The molecule has 0 nitrogen and oxygen atoms in total. The Morgan fingerprint density at radius 1 is 1.38 bits per heavy atom. The Balaban J connectivity index is 2.80. The Kier molecular flexibility index (Phi) is 3.03. The fourth-order valence-electron chi connectivity index (χ4n) is 1.19. The summed E-state index contributed by atoms with van der Waals surface area (Å²) in [5, 5.41) is 2.14. The highest BCUT2D eigenvalue weighted by Crippen LogP contribution is 2.36. The first-order chi connectivity index (χ1) is 6.22. The highest BCUT2D eigenvalue weighted by molar-refractivity contribution is 9.10. The van der Waals surface area contributed by atoms with Gasteiger partial charge in [-0.1, -0.05) is 15.9 Å². The predicted octanol–water partition coefficient (Wildman–Crippen LogP) is 4.85. The van der Waals surface area contributed by atoms with Gasteiger partial charge in [-0.3, -0.25) is 0 Å². The molecule has 1 aromatic carbocycles. The second-order valence-corrected chi connectivity index (χ2v) is 5.69.